The highest BCUT2D eigenvalue weighted by atomic mass is 16.7. The molecule has 0 amide bonds. The number of carbonyl (C=O) groups excluding carboxylic acids is 4. The molecule has 2 aromatic rings. The zero-order chi connectivity index (χ0) is 41.4. The van der Waals surface area contributed by atoms with Crippen molar-refractivity contribution in [1.82, 2.24) is 0 Å². The first kappa shape index (κ1) is 44.2. The van der Waals surface area contributed by atoms with Gasteiger partial charge in [0, 0.05) is 25.7 Å². The van der Waals surface area contributed by atoms with Crippen LogP contribution in [0.15, 0.2) is 60.7 Å². The van der Waals surface area contributed by atoms with Crippen molar-refractivity contribution in [2.75, 3.05) is 6.61 Å². The third-order valence-corrected chi connectivity index (χ3v) is 11.8. The van der Waals surface area contributed by atoms with Crippen LogP contribution < -0.4 is 0 Å². The van der Waals surface area contributed by atoms with Gasteiger partial charge < -0.3 is 42.6 Å². The van der Waals surface area contributed by atoms with Gasteiger partial charge in [0.05, 0.1) is 36.0 Å². The largest absolute Gasteiger partial charge is 0.457 e. The lowest BCUT2D eigenvalue weighted by molar-refractivity contribution is -0.334. The van der Waals surface area contributed by atoms with Gasteiger partial charge in [-0.2, -0.15) is 0 Å². The Morgan fingerprint density at radius 1 is 0.491 bits per heavy atom. The maximum atomic E-state index is 13.5. The molecular weight excluding hydrogens is 736 g/mol. The van der Waals surface area contributed by atoms with Gasteiger partial charge in [0.1, 0.15) is 12.2 Å². The van der Waals surface area contributed by atoms with E-state index in [0.29, 0.717) is 30.4 Å². The van der Waals surface area contributed by atoms with Gasteiger partial charge in [-0.25, -0.2) is 9.59 Å². The standard InChI is InChI=1S/C44H60O13/c1-10-32-24(4)26(6)36(55-41(47)30-19-15-13-16-20-30)43(53-32)49-23-35-39(51-29(9)46)40(38(50-28(8)45)34(12-3)52-35)57-44-37(27(7)25(5)33(11-2)54-44)56-42(48)31-21-17-14-18-22-31/h13-22,24-27,32-40,43-44H,10-12,23H2,1-9H3. The van der Waals surface area contributed by atoms with E-state index in [1.54, 1.807) is 48.5 Å². The summed E-state index contributed by atoms with van der Waals surface area (Å²) in [4.78, 5) is 52.3. The van der Waals surface area contributed by atoms with Gasteiger partial charge in [-0.1, -0.05) is 84.9 Å². The van der Waals surface area contributed by atoms with Gasteiger partial charge >= 0.3 is 23.9 Å². The number of ether oxygens (including phenoxy) is 9. The molecule has 5 rings (SSSR count). The Bertz CT molecular complexity index is 1620. The van der Waals surface area contributed by atoms with Crippen molar-refractivity contribution >= 4 is 23.9 Å². The number of carbonyl (C=O) groups is 4. The lowest BCUT2D eigenvalue weighted by atomic mass is 9.82. The fourth-order valence-corrected chi connectivity index (χ4v) is 8.18. The second-order valence-electron chi connectivity index (χ2n) is 15.5. The minimum atomic E-state index is -1.19. The third-order valence-electron chi connectivity index (χ3n) is 11.8. The van der Waals surface area contributed by atoms with E-state index in [1.165, 1.54) is 13.8 Å². The molecule has 3 aliphatic rings. The number of hydrogen-bond donors (Lipinski definition) is 0. The summed E-state index contributed by atoms with van der Waals surface area (Å²) < 4.78 is 56.9. The summed E-state index contributed by atoms with van der Waals surface area (Å²) >= 11 is 0. The van der Waals surface area contributed by atoms with E-state index in [4.69, 9.17) is 42.6 Å². The highest BCUT2D eigenvalue weighted by Crippen LogP contribution is 2.40. The normalized spacial score (nSPS) is 35.4. The molecule has 0 N–H and O–H groups in total. The highest BCUT2D eigenvalue weighted by molar-refractivity contribution is 5.90. The van der Waals surface area contributed by atoms with Gasteiger partial charge in [-0.05, 0) is 55.4 Å². The van der Waals surface area contributed by atoms with Gasteiger partial charge in [-0.15, -0.1) is 0 Å². The van der Waals surface area contributed by atoms with Crippen LogP contribution in [0.2, 0.25) is 0 Å². The Hall–Kier alpha value is -3.88. The fraction of sp³-hybridized carbons (Fsp3) is 0.636. The van der Waals surface area contributed by atoms with Crippen molar-refractivity contribution < 1.29 is 61.8 Å². The topological polar surface area (TPSA) is 151 Å². The predicted molar refractivity (Wildman–Crippen MR) is 207 cm³/mol. The predicted octanol–water partition coefficient (Wildman–Crippen LogP) is 6.69. The van der Waals surface area contributed by atoms with E-state index < -0.39 is 79.2 Å². The first-order valence-electron chi connectivity index (χ1n) is 20.4. The van der Waals surface area contributed by atoms with Gasteiger partial charge in [0.2, 0.25) is 0 Å². The molecule has 3 fully saturated rings. The maximum Gasteiger partial charge on any atom is 0.338 e. The summed E-state index contributed by atoms with van der Waals surface area (Å²) in [7, 11) is 0. The Labute approximate surface area is 336 Å². The molecule has 0 saturated carbocycles. The molecule has 3 heterocycles. The molecule has 3 saturated heterocycles. The number of hydrogen-bond acceptors (Lipinski definition) is 13. The van der Waals surface area contributed by atoms with Crippen molar-refractivity contribution in [2.24, 2.45) is 23.7 Å². The van der Waals surface area contributed by atoms with E-state index in [0.717, 1.165) is 0 Å². The van der Waals surface area contributed by atoms with Crippen molar-refractivity contribution in [1.29, 1.82) is 0 Å². The molecule has 0 spiro atoms. The first-order chi connectivity index (χ1) is 27.3. The lowest BCUT2D eigenvalue weighted by Crippen LogP contribution is -2.64. The minimum Gasteiger partial charge on any atom is -0.457 e. The molecule has 314 valence electrons. The van der Waals surface area contributed by atoms with Gasteiger partial charge in [-0.3, -0.25) is 9.59 Å². The Morgan fingerprint density at radius 3 is 1.35 bits per heavy atom. The molecule has 15 unspecified atom stereocenters. The summed E-state index contributed by atoms with van der Waals surface area (Å²) in [6.45, 7) is 16.4. The minimum absolute atomic E-state index is 0.00679. The average molecular weight is 797 g/mol. The second-order valence-corrected chi connectivity index (χ2v) is 15.5. The Balaban J connectivity index is 1.46. The fourth-order valence-electron chi connectivity index (χ4n) is 8.18. The molecule has 0 aliphatic carbocycles. The SMILES string of the molecule is CCC1OC(OCC2OC(CC)C(OC(C)=O)C(OC3OC(CC)C(C)C(C)C3OC(=O)c3ccccc3)C2OC(C)=O)C(OC(=O)c2ccccc2)C(C)C1C. The molecular formula is C44H60O13. The summed E-state index contributed by atoms with van der Waals surface area (Å²) in [5.41, 5.74) is 0.763. The van der Waals surface area contributed by atoms with Crippen LogP contribution in [0.25, 0.3) is 0 Å². The van der Waals surface area contributed by atoms with E-state index in [1.807, 2.05) is 53.7 Å². The van der Waals surface area contributed by atoms with Crippen LogP contribution in [0, 0.1) is 23.7 Å². The van der Waals surface area contributed by atoms with Crippen LogP contribution in [-0.2, 0) is 52.2 Å². The van der Waals surface area contributed by atoms with Crippen LogP contribution in [0.1, 0.15) is 102 Å². The Kier molecular flexibility index (Phi) is 15.7. The molecule has 0 aromatic heterocycles. The molecule has 57 heavy (non-hydrogen) atoms. The van der Waals surface area contributed by atoms with Crippen LogP contribution in [0.3, 0.4) is 0 Å². The van der Waals surface area contributed by atoms with E-state index in [9.17, 15) is 19.2 Å². The van der Waals surface area contributed by atoms with E-state index in [2.05, 4.69) is 6.92 Å². The summed E-state index contributed by atoms with van der Waals surface area (Å²) in [5.74, 6) is -2.60. The van der Waals surface area contributed by atoms with Crippen molar-refractivity contribution in [3.8, 4) is 0 Å². The maximum absolute atomic E-state index is 13.5. The molecule has 13 heteroatoms. The summed E-state index contributed by atoms with van der Waals surface area (Å²) in [5, 5.41) is 0. The van der Waals surface area contributed by atoms with E-state index in [-0.39, 0.29) is 42.5 Å². The lowest BCUT2D eigenvalue weighted by Gasteiger charge is -2.49. The van der Waals surface area contributed by atoms with Gasteiger partial charge in [0.15, 0.2) is 37.0 Å². The molecule has 3 aliphatic heterocycles. The number of rotatable bonds is 14. The molecule has 0 bridgehead atoms. The van der Waals surface area contributed by atoms with Crippen LogP contribution in [0.4, 0.5) is 0 Å². The zero-order valence-electron chi connectivity index (χ0n) is 34.6. The zero-order valence-corrected chi connectivity index (χ0v) is 34.6. The van der Waals surface area contributed by atoms with Gasteiger partial charge in [0.25, 0.3) is 0 Å². The van der Waals surface area contributed by atoms with Crippen LogP contribution >= 0.6 is 0 Å². The van der Waals surface area contributed by atoms with Crippen LogP contribution in [0.5, 0.6) is 0 Å². The average Bonchev–Trinajstić information content (AvgIpc) is 3.20. The molecule has 0 radical (unpaired) electrons. The highest BCUT2D eigenvalue weighted by Gasteiger charge is 2.54. The molecule has 2 aromatic carbocycles. The van der Waals surface area contributed by atoms with E-state index >= 15 is 0 Å². The summed E-state index contributed by atoms with van der Waals surface area (Å²) in [6.07, 6.45) is -7.57. The number of esters is 4. The third kappa shape index (κ3) is 10.6. The summed E-state index contributed by atoms with van der Waals surface area (Å²) in [6, 6.07) is 17.4. The van der Waals surface area contributed by atoms with Crippen molar-refractivity contribution in [2.45, 2.75) is 149 Å². The molecule has 15 atom stereocenters. The smallest absolute Gasteiger partial charge is 0.338 e. The second kappa shape index (κ2) is 20.2. The van der Waals surface area contributed by atoms with Crippen molar-refractivity contribution in [3.05, 3.63) is 71.8 Å². The van der Waals surface area contributed by atoms with Crippen LogP contribution in [-0.4, -0.2) is 98.0 Å². The Morgan fingerprint density at radius 2 is 0.912 bits per heavy atom. The molecule has 13 nitrogen and oxygen atoms in total. The first-order valence-corrected chi connectivity index (χ1v) is 20.4. The quantitative estimate of drug-likeness (QED) is 0.148. The monoisotopic (exact) mass is 796 g/mol. The number of benzene rings is 2. The van der Waals surface area contributed by atoms with Crippen molar-refractivity contribution in [3.63, 3.8) is 0 Å².